The fourth-order valence-corrected chi connectivity index (χ4v) is 4.10. The van der Waals surface area contributed by atoms with Crippen molar-refractivity contribution in [1.82, 2.24) is 14.8 Å². The van der Waals surface area contributed by atoms with E-state index in [0.29, 0.717) is 37.1 Å². The number of furan rings is 1. The molecule has 0 saturated carbocycles. The van der Waals surface area contributed by atoms with Gasteiger partial charge in [0.05, 0.1) is 12.2 Å². The summed E-state index contributed by atoms with van der Waals surface area (Å²) in [4.78, 5) is 33.2. The molecule has 1 fully saturated rings. The number of anilines is 1. The van der Waals surface area contributed by atoms with Crippen molar-refractivity contribution in [3.05, 3.63) is 58.9 Å². The zero-order chi connectivity index (χ0) is 21.1. The van der Waals surface area contributed by atoms with Crippen LogP contribution in [0.25, 0.3) is 11.3 Å². The van der Waals surface area contributed by atoms with Gasteiger partial charge in [-0.25, -0.2) is 4.98 Å². The lowest BCUT2D eigenvalue weighted by Gasteiger charge is -2.33. The van der Waals surface area contributed by atoms with Crippen LogP contribution < -0.4 is 5.32 Å². The van der Waals surface area contributed by atoms with Gasteiger partial charge in [0.2, 0.25) is 5.91 Å². The molecule has 3 heterocycles. The Balaban J connectivity index is 1.26. The highest BCUT2D eigenvalue weighted by atomic mass is 32.1. The summed E-state index contributed by atoms with van der Waals surface area (Å²) in [6.07, 6.45) is 0. The number of benzene rings is 1. The molecule has 4 rings (SSSR count). The highest BCUT2D eigenvalue weighted by Gasteiger charge is 2.25. The first-order valence-corrected chi connectivity index (χ1v) is 10.8. The first-order chi connectivity index (χ1) is 14.5. The van der Waals surface area contributed by atoms with E-state index < -0.39 is 0 Å². The molecular formula is C22H24N4O3S. The standard InChI is InChI=1S/C22H24N4O3S/c1-15-3-6-17(7-4-15)18-14-30-22(23-18)24-20(27)13-25-9-11-26(12-10-25)21(28)19-8-5-16(2)29-19/h3-8,14H,9-13H2,1-2H3,(H,23,24,27). The second-order valence-electron chi connectivity index (χ2n) is 7.43. The van der Waals surface area contributed by atoms with Crippen molar-refractivity contribution in [2.45, 2.75) is 13.8 Å². The molecule has 0 bridgehead atoms. The van der Waals surface area contributed by atoms with Gasteiger partial charge in [-0.15, -0.1) is 11.3 Å². The Morgan fingerprint density at radius 2 is 1.80 bits per heavy atom. The molecule has 7 nitrogen and oxygen atoms in total. The number of hydrogen-bond acceptors (Lipinski definition) is 6. The lowest BCUT2D eigenvalue weighted by Crippen LogP contribution is -2.50. The van der Waals surface area contributed by atoms with E-state index in [1.165, 1.54) is 16.9 Å². The third-order valence-electron chi connectivity index (χ3n) is 5.08. The van der Waals surface area contributed by atoms with Gasteiger partial charge in [0, 0.05) is 37.1 Å². The molecule has 0 radical (unpaired) electrons. The Hall–Kier alpha value is -2.97. The minimum atomic E-state index is -0.0985. The van der Waals surface area contributed by atoms with Crippen LogP contribution in [0.3, 0.4) is 0 Å². The number of carbonyl (C=O) groups excluding carboxylic acids is 2. The molecule has 0 aliphatic carbocycles. The zero-order valence-electron chi connectivity index (χ0n) is 17.1. The lowest BCUT2D eigenvalue weighted by molar-refractivity contribution is -0.117. The van der Waals surface area contributed by atoms with Crippen molar-refractivity contribution in [2.24, 2.45) is 0 Å². The van der Waals surface area contributed by atoms with Gasteiger partial charge in [0.1, 0.15) is 5.76 Å². The zero-order valence-corrected chi connectivity index (χ0v) is 17.9. The molecule has 1 saturated heterocycles. The van der Waals surface area contributed by atoms with Crippen LogP contribution in [0.5, 0.6) is 0 Å². The average Bonchev–Trinajstić information content (AvgIpc) is 3.38. The third-order valence-corrected chi connectivity index (χ3v) is 5.83. The fourth-order valence-electron chi connectivity index (χ4n) is 3.36. The Labute approximate surface area is 179 Å². The molecule has 0 atom stereocenters. The van der Waals surface area contributed by atoms with Crippen molar-refractivity contribution in [2.75, 3.05) is 38.0 Å². The summed E-state index contributed by atoms with van der Waals surface area (Å²) in [5, 5.41) is 5.43. The van der Waals surface area contributed by atoms with Crippen LogP contribution in [-0.2, 0) is 4.79 Å². The van der Waals surface area contributed by atoms with E-state index in [2.05, 4.69) is 10.3 Å². The molecule has 1 aromatic carbocycles. The number of piperazine rings is 1. The predicted octanol–water partition coefficient (Wildman–Crippen LogP) is 3.42. The van der Waals surface area contributed by atoms with Crippen molar-refractivity contribution in [1.29, 1.82) is 0 Å². The second kappa shape index (κ2) is 8.81. The molecule has 1 N–H and O–H groups in total. The van der Waals surface area contributed by atoms with Crippen LogP contribution in [0.15, 0.2) is 46.2 Å². The van der Waals surface area contributed by atoms with Crippen molar-refractivity contribution < 1.29 is 14.0 Å². The molecular weight excluding hydrogens is 400 g/mol. The molecule has 8 heteroatoms. The van der Waals surface area contributed by atoms with E-state index in [-0.39, 0.29) is 18.4 Å². The molecule has 1 aliphatic rings. The monoisotopic (exact) mass is 424 g/mol. The summed E-state index contributed by atoms with van der Waals surface area (Å²) in [7, 11) is 0. The molecule has 1 aliphatic heterocycles. The highest BCUT2D eigenvalue weighted by molar-refractivity contribution is 7.14. The molecule has 30 heavy (non-hydrogen) atoms. The molecule has 3 aromatic rings. The van der Waals surface area contributed by atoms with Crippen LogP contribution in [-0.4, -0.2) is 59.3 Å². The van der Waals surface area contributed by atoms with E-state index in [4.69, 9.17) is 4.42 Å². The number of thiazole rings is 1. The van der Waals surface area contributed by atoms with Gasteiger partial charge in [0.15, 0.2) is 10.9 Å². The number of rotatable bonds is 5. The van der Waals surface area contributed by atoms with Gasteiger partial charge in [0.25, 0.3) is 5.91 Å². The van der Waals surface area contributed by atoms with Gasteiger partial charge in [-0.1, -0.05) is 29.8 Å². The number of amides is 2. The van der Waals surface area contributed by atoms with Crippen LogP contribution >= 0.6 is 11.3 Å². The quantitative estimate of drug-likeness (QED) is 0.679. The number of aromatic nitrogens is 1. The normalized spacial score (nSPS) is 14.7. The number of nitrogens with zero attached hydrogens (tertiary/aromatic N) is 3. The van der Waals surface area contributed by atoms with Gasteiger partial charge in [-0.3, -0.25) is 14.5 Å². The maximum Gasteiger partial charge on any atom is 0.289 e. The fraction of sp³-hybridized carbons (Fsp3) is 0.318. The van der Waals surface area contributed by atoms with Gasteiger partial charge in [-0.2, -0.15) is 0 Å². The first kappa shape index (κ1) is 20.3. The van der Waals surface area contributed by atoms with E-state index in [1.807, 2.05) is 48.4 Å². The van der Waals surface area contributed by atoms with Crippen LogP contribution in [0.1, 0.15) is 21.9 Å². The number of carbonyl (C=O) groups is 2. The minimum absolute atomic E-state index is 0.0961. The molecule has 2 amide bonds. The van der Waals surface area contributed by atoms with Crippen molar-refractivity contribution in [3.8, 4) is 11.3 Å². The predicted molar refractivity (Wildman–Crippen MR) is 117 cm³/mol. The van der Waals surface area contributed by atoms with Gasteiger partial charge < -0.3 is 14.6 Å². The van der Waals surface area contributed by atoms with Crippen molar-refractivity contribution >= 4 is 28.3 Å². The van der Waals surface area contributed by atoms with Crippen LogP contribution in [0.4, 0.5) is 5.13 Å². The summed E-state index contributed by atoms with van der Waals surface area (Å²) in [6.45, 7) is 6.57. The molecule has 0 unspecified atom stereocenters. The summed E-state index contributed by atoms with van der Waals surface area (Å²) in [6, 6.07) is 11.6. The van der Waals surface area contributed by atoms with E-state index >= 15 is 0 Å². The Bertz CT molecular complexity index is 1030. The number of nitrogens with one attached hydrogen (secondary N) is 1. The maximum atomic E-state index is 12.4. The molecule has 2 aromatic heterocycles. The summed E-state index contributed by atoms with van der Waals surface area (Å²) in [5.74, 6) is 0.896. The van der Waals surface area contributed by atoms with Crippen LogP contribution in [0.2, 0.25) is 0 Å². The highest BCUT2D eigenvalue weighted by Crippen LogP contribution is 2.25. The van der Waals surface area contributed by atoms with Crippen molar-refractivity contribution in [3.63, 3.8) is 0 Å². The average molecular weight is 425 g/mol. The van der Waals surface area contributed by atoms with Crippen LogP contribution in [0, 0.1) is 13.8 Å². The summed E-state index contributed by atoms with van der Waals surface area (Å²) < 4.78 is 5.42. The SMILES string of the molecule is Cc1ccc(-c2csc(NC(=O)CN3CCN(C(=O)c4ccc(C)o4)CC3)n2)cc1. The second-order valence-corrected chi connectivity index (χ2v) is 8.29. The topological polar surface area (TPSA) is 78.7 Å². The van der Waals surface area contributed by atoms with Gasteiger partial charge >= 0.3 is 0 Å². The molecule has 0 spiro atoms. The number of hydrogen-bond donors (Lipinski definition) is 1. The summed E-state index contributed by atoms with van der Waals surface area (Å²) in [5.41, 5.74) is 3.09. The minimum Gasteiger partial charge on any atom is -0.456 e. The first-order valence-electron chi connectivity index (χ1n) is 9.88. The van der Waals surface area contributed by atoms with E-state index in [0.717, 1.165) is 17.0 Å². The number of aryl methyl sites for hydroxylation is 2. The largest absolute Gasteiger partial charge is 0.456 e. The summed E-state index contributed by atoms with van der Waals surface area (Å²) >= 11 is 1.42. The third kappa shape index (κ3) is 4.77. The lowest BCUT2D eigenvalue weighted by atomic mass is 10.1. The Kier molecular flexibility index (Phi) is 5.96. The van der Waals surface area contributed by atoms with E-state index in [1.54, 1.807) is 17.0 Å². The maximum absolute atomic E-state index is 12.4. The molecule has 156 valence electrons. The van der Waals surface area contributed by atoms with Gasteiger partial charge in [-0.05, 0) is 26.0 Å². The Morgan fingerprint density at radius 1 is 1.07 bits per heavy atom. The van der Waals surface area contributed by atoms with E-state index in [9.17, 15) is 9.59 Å². The Morgan fingerprint density at radius 3 is 2.47 bits per heavy atom. The smallest absolute Gasteiger partial charge is 0.289 e.